The van der Waals surface area contributed by atoms with Gasteiger partial charge in [0.2, 0.25) is 5.69 Å². The Morgan fingerprint density at radius 1 is 1.15 bits per heavy atom. The maximum Gasteiger partial charge on any atom is 0.279 e. The molecule has 0 atom stereocenters. The van der Waals surface area contributed by atoms with Crippen LogP contribution in [0.5, 0.6) is 11.5 Å². The second-order valence-corrected chi connectivity index (χ2v) is 5.32. The van der Waals surface area contributed by atoms with Gasteiger partial charge in [0, 0.05) is 6.42 Å². The van der Waals surface area contributed by atoms with Crippen LogP contribution in [-0.2, 0) is 13.0 Å². The first-order valence-electron chi connectivity index (χ1n) is 6.60. The highest BCUT2D eigenvalue weighted by molar-refractivity contribution is 6.28. The number of hydrogen-bond donors (Lipinski definition) is 0. The van der Waals surface area contributed by atoms with E-state index in [0.717, 1.165) is 35.7 Å². The first kappa shape index (κ1) is 13.3. The van der Waals surface area contributed by atoms with E-state index in [1.807, 2.05) is 12.1 Å². The molecule has 0 aliphatic carbocycles. The summed E-state index contributed by atoms with van der Waals surface area (Å²) in [5.74, 6) is 1.72. The molecule has 1 aromatic heterocycles. The Balaban J connectivity index is 2.27. The largest absolute Gasteiger partial charge is 0.497 e. The van der Waals surface area contributed by atoms with Crippen molar-refractivity contribution < 1.29 is 14.0 Å². The van der Waals surface area contributed by atoms with Crippen LogP contribution in [0.15, 0.2) is 24.3 Å². The van der Waals surface area contributed by atoms with E-state index in [9.17, 15) is 0 Å². The third-order valence-corrected chi connectivity index (χ3v) is 4.21. The zero-order valence-electron chi connectivity index (χ0n) is 11.9. The molecule has 2 aromatic rings. The molecule has 0 bridgehead atoms. The lowest BCUT2D eigenvalue weighted by Crippen LogP contribution is -2.42. The van der Waals surface area contributed by atoms with E-state index in [-0.39, 0.29) is 0 Å². The number of methoxy groups -OCH3 is 2. The smallest absolute Gasteiger partial charge is 0.279 e. The summed E-state index contributed by atoms with van der Waals surface area (Å²) >= 11 is 6.38. The predicted molar refractivity (Wildman–Crippen MR) is 78.6 cm³/mol. The van der Waals surface area contributed by atoms with E-state index in [0.29, 0.717) is 5.15 Å². The molecule has 0 amide bonds. The molecule has 4 heteroatoms. The second-order valence-electron chi connectivity index (χ2n) is 4.93. The standard InChI is InChI=1S/C16H17ClNO2/c1-10-14(20-3)9-15(17)18-7-6-11-8-12(19-2)4-5-13(11)16(10)18/h4-5,8-9H,6-7H2,1-3H3/q+1. The fourth-order valence-electron chi connectivity index (χ4n) is 2.87. The van der Waals surface area contributed by atoms with Crippen molar-refractivity contribution in [2.45, 2.75) is 19.9 Å². The Hall–Kier alpha value is -1.74. The van der Waals surface area contributed by atoms with Gasteiger partial charge in [-0.3, -0.25) is 0 Å². The third kappa shape index (κ3) is 1.93. The molecule has 104 valence electrons. The molecular weight excluding hydrogens is 274 g/mol. The molecule has 1 aliphatic heterocycles. The Kier molecular flexibility index (Phi) is 3.30. The van der Waals surface area contributed by atoms with Crippen LogP contribution in [0.2, 0.25) is 5.15 Å². The molecule has 2 heterocycles. The number of rotatable bonds is 2. The van der Waals surface area contributed by atoms with Crippen LogP contribution in [0.1, 0.15) is 11.1 Å². The van der Waals surface area contributed by atoms with Gasteiger partial charge in [-0.05, 0) is 42.3 Å². The number of benzene rings is 1. The van der Waals surface area contributed by atoms with Crippen molar-refractivity contribution in [2.75, 3.05) is 14.2 Å². The quantitative estimate of drug-likeness (QED) is 0.626. The third-order valence-electron chi connectivity index (χ3n) is 3.89. The van der Waals surface area contributed by atoms with E-state index in [1.165, 1.54) is 11.1 Å². The van der Waals surface area contributed by atoms with E-state index < -0.39 is 0 Å². The molecule has 0 fully saturated rings. The van der Waals surface area contributed by atoms with Crippen molar-refractivity contribution in [2.24, 2.45) is 0 Å². The van der Waals surface area contributed by atoms with Crippen LogP contribution in [0.4, 0.5) is 0 Å². The maximum atomic E-state index is 6.38. The van der Waals surface area contributed by atoms with E-state index in [4.69, 9.17) is 21.1 Å². The van der Waals surface area contributed by atoms with Crippen molar-refractivity contribution in [3.63, 3.8) is 0 Å². The molecule has 0 spiro atoms. The average molecular weight is 291 g/mol. The molecule has 0 unspecified atom stereocenters. The minimum Gasteiger partial charge on any atom is -0.497 e. The van der Waals surface area contributed by atoms with Crippen LogP contribution in [0, 0.1) is 6.92 Å². The van der Waals surface area contributed by atoms with E-state index >= 15 is 0 Å². The molecule has 3 rings (SSSR count). The summed E-state index contributed by atoms with van der Waals surface area (Å²) in [5, 5.41) is 0.712. The normalized spacial score (nSPS) is 12.6. The van der Waals surface area contributed by atoms with Gasteiger partial charge in [-0.2, -0.15) is 4.57 Å². The van der Waals surface area contributed by atoms with Crippen LogP contribution in [0.3, 0.4) is 0 Å². The summed E-state index contributed by atoms with van der Waals surface area (Å²) in [5.41, 5.74) is 4.74. The van der Waals surface area contributed by atoms with Gasteiger partial charge in [0.1, 0.15) is 11.5 Å². The Morgan fingerprint density at radius 3 is 2.65 bits per heavy atom. The first-order valence-corrected chi connectivity index (χ1v) is 6.97. The monoisotopic (exact) mass is 290 g/mol. The van der Waals surface area contributed by atoms with Crippen molar-refractivity contribution in [3.8, 4) is 22.8 Å². The zero-order valence-corrected chi connectivity index (χ0v) is 12.6. The molecule has 20 heavy (non-hydrogen) atoms. The van der Waals surface area contributed by atoms with Crippen LogP contribution >= 0.6 is 11.6 Å². The van der Waals surface area contributed by atoms with Gasteiger partial charge in [-0.15, -0.1) is 0 Å². The number of aryl methyl sites for hydroxylation is 1. The van der Waals surface area contributed by atoms with Crippen molar-refractivity contribution in [1.82, 2.24) is 0 Å². The molecule has 0 N–H and O–H groups in total. The lowest BCUT2D eigenvalue weighted by Gasteiger charge is -2.19. The molecule has 1 aromatic carbocycles. The summed E-state index contributed by atoms with van der Waals surface area (Å²) in [4.78, 5) is 0. The van der Waals surface area contributed by atoms with Gasteiger partial charge in [0.05, 0.1) is 31.4 Å². The Labute approximate surface area is 123 Å². The summed E-state index contributed by atoms with van der Waals surface area (Å²) in [6, 6.07) is 8.07. The van der Waals surface area contributed by atoms with Gasteiger partial charge >= 0.3 is 0 Å². The van der Waals surface area contributed by atoms with Gasteiger partial charge in [-0.1, -0.05) is 0 Å². The number of halogens is 1. The topological polar surface area (TPSA) is 22.3 Å². The fraction of sp³-hybridized carbons (Fsp3) is 0.312. The van der Waals surface area contributed by atoms with Crippen LogP contribution in [0.25, 0.3) is 11.3 Å². The minimum absolute atomic E-state index is 0.712. The highest BCUT2D eigenvalue weighted by Gasteiger charge is 2.30. The number of aromatic nitrogens is 1. The fourth-order valence-corrected chi connectivity index (χ4v) is 3.13. The summed E-state index contributed by atoms with van der Waals surface area (Å²) in [6.07, 6.45) is 0.954. The highest BCUT2D eigenvalue weighted by atomic mass is 35.5. The van der Waals surface area contributed by atoms with Gasteiger partial charge in [0.15, 0.2) is 6.54 Å². The molecule has 0 radical (unpaired) electrons. The maximum absolute atomic E-state index is 6.38. The van der Waals surface area contributed by atoms with Crippen LogP contribution in [-0.4, -0.2) is 14.2 Å². The van der Waals surface area contributed by atoms with Crippen molar-refractivity contribution in [1.29, 1.82) is 0 Å². The Morgan fingerprint density at radius 2 is 1.95 bits per heavy atom. The molecule has 3 nitrogen and oxygen atoms in total. The minimum atomic E-state index is 0.712. The van der Waals surface area contributed by atoms with Gasteiger partial charge in [-0.25, -0.2) is 0 Å². The number of pyridine rings is 1. The number of hydrogen-bond acceptors (Lipinski definition) is 2. The number of ether oxygens (including phenoxy) is 2. The average Bonchev–Trinajstić information content (AvgIpc) is 2.49. The van der Waals surface area contributed by atoms with Crippen LogP contribution < -0.4 is 14.0 Å². The number of nitrogens with zero attached hydrogens (tertiary/aromatic N) is 1. The molecule has 0 saturated heterocycles. The van der Waals surface area contributed by atoms with Crippen molar-refractivity contribution in [3.05, 3.63) is 40.5 Å². The highest BCUT2D eigenvalue weighted by Crippen LogP contribution is 2.35. The van der Waals surface area contributed by atoms with E-state index in [2.05, 4.69) is 23.6 Å². The molecular formula is C16H17ClNO2+. The summed E-state index contributed by atoms with van der Waals surface area (Å²) < 4.78 is 12.9. The molecule has 0 saturated carbocycles. The predicted octanol–water partition coefficient (Wildman–Crippen LogP) is 3.18. The van der Waals surface area contributed by atoms with E-state index in [1.54, 1.807) is 14.2 Å². The first-order chi connectivity index (χ1) is 9.65. The number of fused-ring (bicyclic) bond motifs is 3. The SMILES string of the molecule is COc1ccc2c(c1)CC[n+]1c(Cl)cc(OC)c(C)c1-2. The summed E-state index contributed by atoms with van der Waals surface area (Å²) in [7, 11) is 3.37. The Bertz CT molecular complexity index is 683. The lowest BCUT2D eigenvalue weighted by atomic mass is 9.94. The van der Waals surface area contributed by atoms with Gasteiger partial charge < -0.3 is 9.47 Å². The van der Waals surface area contributed by atoms with Crippen molar-refractivity contribution >= 4 is 11.6 Å². The lowest BCUT2D eigenvalue weighted by molar-refractivity contribution is -0.685. The van der Waals surface area contributed by atoms with Gasteiger partial charge in [0.25, 0.3) is 5.15 Å². The molecule has 1 aliphatic rings. The second kappa shape index (κ2) is 4.98. The zero-order chi connectivity index (χ0) is 14.3. The summed E-state index contributed by atoms with van der Waals surface area (Å²) in [6.45, 7) is 2.94.